The molecule has 262 valence electrons. The van der Waals surface area contributed by atoms with Gasteiger partial charge < -0.3 is 0 Å². The summed E-state index contributed by atoms with van der Waals surface area (Å²) in [5.41, 5.74) is 7.36. The average Bonchev–Trinajstić information content (AvgIpc) is 2.99. The van der Waals surface area contributed by atoms with Gasteiger partial charge in [-0.15, -0.1) is 0 Å². The van der Waals surface area contributed by atoms with E-state index in [4.69, 9.17) is 0 Å². The molecule has 1 fully saturated rings. The van der Waals surface area contributed by atoms with Crippen molar-refractivity contribution in [2.24, 2.45) is 17.8 Å². The minimum atomic E-state index is 0. The maximum absolute atomic E-state index is 12.4. The molecule has 2 aromatic carbocycles. The van der Waals surface area contributed by atoms with E-state index < -0.39 is 0 Å². The molecule has 5 aliphatic rings. The first-order valence-electron chi connectivity index (χ1n) is 15.2. The van der Waals surface area contributed by atoms with Crippen molar-refractivity contribution in [3.63, 3.8) is 0 Å². The van der Waals surface area contributed by atoms with Crippen LogP contribution in [-0.2, 0) is 208 Å². The third-order valence-corrected chi connectivity index (χ3v) is 9.36. The first-order valence-corrected chi connectivity index (χ1v) is 15.2. The average molecular weight is 1050 g/mol. The van der Waals surface area contributed by atoms with E-state index in [0.29, 0.717) is 29.3 Å². The molecule has 7 rings (SSSR count). The normalized spacial score (nSPS) is 19.5. The van der Waals surface area contributed by atoms with Crippen LogP contribution in [0.15, 0.2) is 66.3 Å². The molecule has 50 heavy (non-hydrogen) atoms. The van der Waals surface area contributed by atoms with E-state index in [1.807, 2.05) is 30.3 Å². The van der Waals surface area contributed by atoms with Gasteiger partial charge in [-0.3, -0.25) is 14.4 Å². The van der Waals surface area contributed by atoms with Gasteiger partial charge in [-0.05, 0) is 117 Å². The van der Waals surface area contributed by atoms with Gasteiger partial charge in [0.2, 0.25) is 0 Å². The van der Waals surface area contributed by atoms with Gasteiger partial charge in [0.05, 0.1) is 0 Å². The SMILES string of the molecule is C.CC(=O)C1=CCCCC1.O=C1C=C2c3ccccc3CCC2C2CCCCC12.O=C1CCCc2ccccc21.[V].[V].[V].[V].[V].[V].[V].[V].[V].[V]. The Bertz CT molecular complexity index is 1320. The van der Waals surface area contributed by atoms with E-state index in [9.17, 15) is 14.4 Å². The molecule has 0 saturated heterocycles. The van der Waals surface area contributed by atoms with E-state index in [1.54, 1.807) is 6.92 Å². The number of fused-ring (bicyclic) bond motifs is 6. The van der Waals surface area contributed by atoms with Gasteiger partial charge in [0.1, 0.15) is 0 Å². The fraction of sp³-hybridized carbons (Fsp3) is 0.486. The van der Waals surface area contributed by atoms with Crippen molar-refractivity contribution < 1.29 is 200 Å². The fourth-order valence-electron chi connectivity index (χ4n) is 7.31. The molecule has 0 heterocycles. The first-order chi connectivity index (χ1) is 19.0. The standard InChI is InChI=1S/C18H20O.C10H10O.C8H12O.CH4.10V/c19-18-11-17-13-6-2-1-5-12(13)9-10-15(17)14-7-3-4-8-16(14)18;11-10-7-3-5-8-4-1-2-6-9(8)10;1-7(9)8-5-3-2-4-6-8;;;;;;;;;;;/h1-2,5-6,11,14-16H,3-4,7-10H2;1-2,4,6H,3,5,7H2;5H,2-4,6H2,1H3;1H4;;;;;;;;;;. The predicted molar refractivity (Wildman–Crippen MR) is 164 cm³/mol. The molecule has 0 bridgehead atoms. The number of aryl methyl sites for hydroxylation is 2. The van der Waals surface area contributed by atoms with Gasteiger partial charge in [0.15, 0.2) is 17.3 Å². The van der Waals surface area contributed by atoms with Crippen LogP contribution in [0, 0.1) is 17.8 Å². The molecule has 1 saturated carbocycles. The fourth-order valence-corrected chi connectivity index (χ4v) is 7.31. The molecule has 0 aromatic heterocycles. The third-order valence-electron chi connectivity index (χ3n) is 9.36. The van der Waals surface area contributed by atoms with Crippen molar-refractivity contribution in [1.29, 1.82) is 0 Å². The summed E-state index contributed by atoms with van der Waals surface area (Å²) in [6.45, 7) is 1.65. The summed E-state index contributed by atoms with van der Waals surface area (Å²) in [6.07, 6.45) is 18.9. The summed E-state index contributed by atoms with van der Waals surface area (Å²) in [6, 6.07) is 16.6. The Labute approximate surface area is 421 Å². The largest absolute Gasteiger partial charge is 0.295 e. The number of allylic oxidation sites excluding steroid dienone is 4. The minimum absolute atomic E-state index is 0. The Hall–Kier alpha value is 2.77. The van der Waals surface area contributed by atoms with Gasteiger partial charge in [0.25, 0.3) is 0 Å². The maximum atomic E-state index is 12.4. The quantitative estimate of drug-likeness (QED) is 0.287. The Morgan fingerprint density at radius 3 is 1.68 bits per heavy atom. The van der Waals surface area contributed by atoms with Crippen LogP contribution in [0.4, 0.5) is 0 Å². The number of rotatable bonds is 1. The van der Waals surface area contributed by atoms with E-state index in [1.165, 1.54) is 67.2 Å². The number of Topliss-reactive ketones (excluding diaryl/α,β-unsaturated/α-hetero) is 2. The topological polar surface area (TPSA) is 51.2 Å². The van der Waals surface area contributed by atoms with Crippen LogP contribution < -0.4 is 0 Å². The zero-order chi connectivity index (χ0) is 27.2. The van der Waals surface area contributed by atoms with Crippen LogP contribution >= 0.6 is 0 Å². The van der Waals surface area contributed by atoms with Crippen LogP contribution in [0.2, 0.25) is 0 Å². The zero-order valence-electron chi connectivity index (χ0n) is 27.9. The second kappa shape index (κ2) is 35.0. The third kappa shape index (κ3) is 18.4. The van der Waals surface area contributed by atoms with E-state index in [0.717, 1.165) is 49.7 Å². The Morgan fingerprint density at radius 1 is 0.580 bits per heavy atom. The molecule has 3 atom stereocenters. The smallest absolute Gasteiger partial charge is 0.163 e. The number of carbonyl (C=O) groups is 3. The summed E-state index contributed by atoms with van der Waals surface area (Å²) < 4.78 is 0. The summed E-state index contributed by atoms with van der Waals surface area (Å²) in [5, 5.41) is 0. The first kappa shape index (κ1) is 67.5. The van der Waals surface area contributed by atoms with Crippen molar-refractivity contribution in [3.8, 4) is 0 Å². The van der Waals surface area contributed by atoms with Crippen LogP contribution in [0.1, 0.15) is 112 Å². The minimum Gasteiger partial charge on any atom is -0.295 e. The Kier molecular flexibility index (Phi) is 47.2. The molecule has 0 N–H and O–H groups in total. The van der Waals surface area contributed by atoms with Crippen molar-refractivity contribution >= 4 is 22.9 Å². The second-order valence-corrected chi connectivity index (χ2v) is 11.8. The van der Waals surface area contributed by atoms with Gasteiger partial charge in [-0.1, -0.05) is 74.9 Å². The number of carbonyl (C=O) groups excluding carboxylic acids is 3. The maximum Gasteiger partial charge on any atom is 0.163 e. The predicted octanol–water partition coefficient (Wildman–Crippen LogP) is 8.91. The van der Waals surface area contributed by atoms with Gasteiger partial charge in [-0.2, -0.15) is 0 Å². The molecule has 0 amide bonds. The van der Waals surface area contributed by atoms with Gasteiger partial charge in [0, 0.05) is 203 Å². The Morgan fingerprint density at radius 2 is 1.14 bits per heavy atom. The van der Waals surface area contributed by atoms with Crippen molar-refractivity contribution in [2.75, 3.05) is 0 Å². The van der Waals surface area contributed by atoms with Gasteiger partial charge >= 0.3 is 0 Å². The van der Waals surface area contributed by atoms with Crippen molar-refractivity contribution in [2.45, 2.75) is 97.8 Å². The molecule has 0 spiro atoms. The van der Waals surface area contributed by atoms with E-state index in [2.05, 4.69) is 30.3 Å². The Balaban J connectivity index is -0.000000106. The van der Waals surface area contributed by atoms with Crippen LogP contribution in [0.5, 0.6) is 0 Å². The van der Waals surface area contributed by atoms with Crippen molar-refractivity contribution in [3.05, 3.63) is 88.5 Å². The second-order valence-electron chi connectivity index (χ2n) is 11.8. The van der Waals surface area contributed by atoms with E-state index >= 15 is 0 Å². The van der Waals surface area contributed by atoms with Gasteiger partial charge in [-0.25, -0.2) is 0 Å². The summed E-state index contributed by atoms with van der Waals surface area (Å²) >= 11 is 0. The van der Waals surface area contributed by atoms with Crippen molar-refractivity contribution in [1.82, 2.24) is 0 Å². The molecule has 2 aromatic rings. The molecule has 3 nitrogen and oxygen atoms in total. The summed E-state index contributed by atoms with van der Waals surface area (Å²) in [5.74, 6) is 2.61. The number of ketones is 3. The van der Waals surface area contributed by atoms with Crippen LogP contribution in [0.25, 0.3) is 5.57 Å². The molecule has 3 unspecified atom stereocenters. The van der Waals surface area contributed by atoms with E-state index in [-0.39, 0.29) is 199 Å². The molecule has 0 aliphatic heterocycles. The molecular weight excluding hydrogens is 1000 g/mol. The monoisotopic (exact) mass is 1050 g/mol. The summed E-state index contributed by atoms with van der Waals surface area (Å²) in [4.78, 5) is 34.4. The van der Waals surface area contributed by atoms with Crippen LogP contribution in [-0.4, -0.2) is 17.3 Å². The summed E-state index contributed by atoms with van der Waals surface area (Å²) in [7, 11) is 0. The molecule has 10 radical (unpaired) electrons. The molecule has 13 heteroatoms. The number of benzene rings is 2. The zero-order valence-corrected chi connectivity index (χ0v) is 41.9. The molecule has 5 aliphatic carbocycles. The number of hydrogen-bond donors (Lipinski definition) is 0. The number of hydrogen-bond acceptors (Lipinski definition) is 3. The van der Waals surface area contributed by atoms with Crippen LogP contribution in [0.3, 0.4) is 0 Å². The molecular formula is C37H46O3V10.